The zero-order chi connectivity index (χ0) is 21.3. The van der Waals surface area contributed by atoms with Crippen molar-refractivity contribution >= 4 is 51.2 Å². The highest BCUT2D eigenvalue weighted by atomic mass is 32.2. The van der Waals surface area contributed by atoms with Gasteiger partial charge >= 0.3 is 5.97 Å². The molecule has 0 aliphatic carbocycles. The molecule has 4 N–H and O–H groups in total. The number of oxime groups is 1. The minimum absolute atomic E-state index is 0.0476. The predicted molar refractivity (Wildman–Crippen MR) is 104 cm³/mol. The number of aliphatic carboxylic acids is 1. The van der Waals surface area contributed by atoms with Gasteiger partial charge in [0.15, 0.2) is 10.9 Å². The summed E-state index contributed by atoms with van der Waals surface area (Å²) in [5, 5.41) is 15.9. The van der Waals surface area contributed by atoms with Crippen LogP contribution in [0.1, 0.15) is 0 Å². The zero-order valence-corrected chi connectivity index (χ0v) is 16.9. The molecule has 2 amide bonds. The molecule has 0 radical (unpaired) electrons. The molecule has 12 nitrogen and oxygen atoms in total. The van der Waals surface area contributed by atoms with Crippen molar-refractivity contribution in [3.8, 4) is 0 Å². The first-order valence-electron chi connectivity index (χ1n) is 8.08. The fourth-order valence-electron chi connectivity index (χ4n) is 2.93. The van der Waals surface area contributed by atoms with Crippen molar-refractivity contribution in [1.82, 2.24) is 10.2 Å². The molecule has 3 aliphatic rings. The van der Waals surface area contributed by atoms with Crippen LogP contribution in [0.25, 0.3) is 0 Å². The lowest BCUT2D eigenvalue weighted by molar-refractivity contribution is -0.150. The fraction of sp³-hybridized carbons (Fsp3) is 0.400. The van der Waals surface area contributed by atoms with Crippen LogP contribution in [0.3, 0.4) is 0 Å². The smallest absolute Gasteiger partial charge is 0.352 e. The van der Waals surface area contributed by atoms with E-state index in [1.807, 2.05) is 0 Å². The maximum atomic E-state index is 12.6. The van der Waals surface area contributed by atoms with Gasteiger partial charge in [0.1, 0.15) is 40.7 Å². The molecule has 3 rings (SSSR count). The van der Waals surface area contributed by atoms with Gasteiger partial charge in [-0.2, -0.15) is 0 Å². The first kappa shape index (κ1) is 21.0. The monoisotopic (exact) mass is 443 g/mol. The Bertz CT molecular complexity index is 926. The highest BCUT2D eigenvalue weighted by molar-refractivity contribution is 8.03. The molecule has 14 heteroatoms. The topological polar surface area (TPSA) is 173 Å². The molecule has 0 aromatic rings. The molecular formula is C15H17N5O7S2. The Balaban J connectivity index is 1.79. The van der Waals surface area contributed by atoms with Crippen LogP contribution < -0.4 is 11.1 Å². The third-order valence-corrected chi connectivity index (χ3v) is 6.43. The van der Waals surface area contributed by atoms with Crippen molar-refractivity contribution in [1.29, 1.82) is 0 Å². The second-order valence-electron chi connectivity index (χ2n) is 5.92. The van der Waals surface area contributed by atoms with Crippen molar-refractivity contribution in [2.75, 3.05) is 26.6 Å². The number of carbonyl (C=O) groups is 3. The summed E-state index contributed by atoms with van der Waals surface area (Å²) in [6.45, 7) is 0.0809. The van der Waals surface area contributed by atoms with Gasteiger partial charge in [0, 0.05) is 18.3 Å². The van der Waals surface area contributed by atoms with Crippen molar-refractivity contribution in [3.05, 3.63) is 22.4 Å². The molecule has 3 atom stereocenters. The minimum Gasteiger partial charge on any atom is -0.477 e. The number of carboxylic acids is 1. The van der Waals surface area contributed by atoms with Crippen LogP contribution in [0.15, 0.2) is 32.5 Å². The second-order valence-corrected chi connectivity index (χ2v) is 8.28. The largest absolute Gasteiger partial charge is 0.477 e. The first-order chi connectivity index (χ1) is 13.8. The molecule has 0 bridgehead atoms. The van der Waals surface area contributed by atoms with Crippen LogP contribution >= 0.6 is 11.8 Å². The molecule has 3 aliphatic heterocycles. The van der Waals surface area contributed by atoms with Gasteiger partial charge in [-0.3, -0.25) is 14.5 Å². The minimum atomic E-state index is -1.68. The van der Waals surface area contributed by atoms with Crippen LogP contribution in [0.5, 0.6) is 0 Å². The Morgan fingerprint density at radius 2 is 2.24 bits per heavy atom. The van der Waals surface area contributed by atoms with Gasteiger partial charge in [0.2, 0.25) is 0 Å². The average Bonchev–Trinajstić information content (AvgIpc) is 3.01. The number of ether oxygens (including phenoxy) is 1. The normalized spacial score (nSPS) is 26.4. The molecular weight excluding hydrogens is 426 g/mol. The van der Waals surface area contributed by atoms with Gasteiger partial charge in [-0.05, 0) is 5.57 Å². The van der Waals surface area contributed by atoms with E-state index in [0.29, 0.717) is 11.3 Å². The quantitative estimate of drug-likeness (QED) is 0.235. The van der Waals surface area contributed by atoms with Crippen molar-refractivity contribution < 1.29 is 33.3 Å². The number of carbonyl (C=O) groups excluding carboxylic acids is 2. The molecule has 3 heterocycles. The van der Waals surface area contributed by atoms with Gasteiger partial charge in [0.25, 0.3) is 11.8 Å². The van der Waals surface area contributed by atoms with E-state index < -0.39 is 40.0 Å². The molecule has 29 heavy (non-hydrogen) atoms. The Morgan fingerprint density at radius 3 is 2.79 bits per heavy atom. The highest BCUT2D eigenvalue weighted by Gasteiger charge is 2.54. The zero-order valence-electron chi connectivity index (χ0n) is 15.3. The van der Waals surface area contributed by atoms with Crippen LogP contribution in [-0.4, -0.2) is 80.9 Å². The van der Waals surface area contributed by atoms with Gasteiger partial charge in [-0.1, -0.05) is 5.16 Å². The number of aliphatic imine (C=N–C) groups is 1. The van der Waals surface area contributed by atoms with Gasteiger partial charge in [0.05, 0.1) is 6.61 Å². The number of nitrogens with two attached hydrogens (primary N) is 1. The summed E-state index contributed by atoms with van der Waals surface area (Å²) in [6, 6.07) is -0.971. The lowest BCUT2D eigenvalue weighted by atomic mass is 10.0. The summed E-state index contributed by atoms with van der Waals surface area (Å²) in [6.07, 6.45) is 0. The summed E-state index contributed by atoms with van der Waals surface area (Å²) in [5.74, 6) is -2.29. The molecule has 1 saturated heterocycles. The van der Waals surface area contributed by atoms with E-state index in [-0.39, 0.29) is 28.9 Å². The van der Waals surface area contributed by atoms with E-state index >= 15 is 0 Å². The fourth-order valence-corrected chi connectivity index (χ4v) is 4.94. The number of methoxy groups -OCH3 is 1. The lowest BCUT2D eigenvalue weighted by Crippen LogP contribution is -2.71. The Kier molecular flexibility index (Phi) is 6.04. The molecule has 0 aromatic carbocycles. The summed E-state index contributed by atoms with van der Waals surface area (Å²) >= 11 is 1.30. The average molecular weight is 443 g/mol. The Morgan fingerprint density at radius 1 is 1.52 bits per heavy atom. The number of hydrogen-bond acceptors (Lipinski definition) is 10. The van der Waals surface area contributed by atoms with Crippen LogP contribution in [0, 0.1) is 0 Å². The van der Waals surface area contributed by atoms with Gasteiger partial charge < -0.3 is 25.7 Å². The highest BCUT2D eigenvalue weighted by Crippen LogP contribution is 2.40. The standard InChI is InChI=1S/C15H17N5O7S2/c1-26-3-6-4-28-13-9(12(22)20(13)10(6)14(23)24)18-11(21)8(19-27-2)7-5-29(25)15(16)17-7/h5,9,13H,3-4H2,1-2H3,(H2,16,17)(H,18,21)(H,23,24)/b19-8-/t9-,13-,29?/m1/s1. The molecule has 0 saturated carbocycles. The Labute approximate surface area is 171 Å². The van der Waals surface area contributed by atoms with Crippen molar-refractivity contribution in [2.45, 2.75) is 11.4 Å². The number of nitrogens with one attached hydrogen (secondary N) is 1. The summed E-state index contributed by atoms with van der Waals surface area (Å²) < 4.78 is 16.6. The van der Waals surface area contributed by atoms with E-state index in [4.69, 9.17) is 10.5 Å². The number of β-lactam (4-membered cyclic amide) rings is 1. The van der Waals surface area contributed by atoms with E-state index in [1.54, 1.807) is 0 Å². The Hall–Kier alpha value is -2.71. The number of fused-ring (bicyclic) bond motifs is 1. The van der Waals surface area contributed by atoms with E-state index in [1.165, 1.54) is 26.0 Å². The van der Waals surface area contributed by atoms with Gasteiger partial charge in [-0.15, -0.1) is 11.8 Å². The van der Waals surface area contributed by atoms with Crippen LogP contribution in [0.2, 0.25) is 0 Å². The molecule has 0 aromatic heterocycles. The SMILES string of the molecule is COCC1=C(C(=O)O)N2C(=O)[C@@H](NC(=O)/C(=N\OC)C3=CS(=O)C(N)=N3)[C@H]2SC1. The summed E-state index contributed by atoms with van der Waals surface area (Å²) in [5.41, 5.74) is 5.46. The number of amides is 2. The maximum absolute atomic E-state index is 12.6. The second kappa shape index (κ2) is 8.34. The number of amidine groups is 1. The molecule has 156 valence electrons. The molecule has 0 spiro atoms. The van der Waals surface area contributed by atoms with E-state index in [0.717, 1.165) is 10.3 Å². The molecule has 1 unspecified atom stereocenters. The van der Waals surface area contributed by atoms with E-state index in [9.17, 15) is 23.7 Å². The number of rotatable bonds is 7. The van der Waals surface area contributed by atoms with Crippen LogP contribution in [0.4, 0.5) is 0 Å². The number of thioether (sulfide) groups is 1. The van der Waals surface area contributed by atoms with Crippen molar-refractivity contribution in [2.24, 2.45) is 15.9 Å². The lowest BCUT2D eigenvalue weighted by Gasteiger charge is -2.49. The third kappa shape index (κ3) is 3.77. The summed E-state index contributed by atoms with van der Waals surface area (Å²) in [4.78, 5) is 46.4. The number of hydrogen-bond donors (Lipinski definition) is 3. The predicted octanol–water partition coefficient (Wildman–Crippen LogP) is -1.71. The van der Waals surface area contributed by atoms with E-state index in [2.05, 4.69) is 20.3 Å². The third-order valence-electron chi connectivity index (χ3n) is 4.15. The van der Waals surface area contributed by atoms with Crippen molar-refractivity contribution in [3.63, 3.8) is 0 Å². The first-order valence-corrected chi connectivity index (χ1v) is 10.3. The van der Waals surface area contributed by atoms with Crippen LogP contribution in [-0.2, 0) is 34.8 Å². The summed E-state index contributed by atoms with van der Waals surface area (Å²) in [7, 11) is 0.959. The number of nitrogens with zero attached hydrogens (tertiary/aromatic N) is 3. The van der Waals surface area contributed by atoms with Gasteiger partial charge in [-0.25, -0.2) is 14.0 Å². The molecule has 1 fully saturated rings. The number of carboxylic acid groups (broad SMARTS) is 1. The maximum Gasteiger partial charge on any atom is 0.352 e.